The standard InChI is InChI=1S/C12H19N3O/c1-10-8-12(16)15(9-14-10)7-3-5-11-4-2-6-13-11/h8-9,11,13H,2-7H2,1H3. The molecular weight excluding hydrogens is 202 g/mol. The maximum absolute atomic E-state index is 11.6. The summed E-state index contributed by atoms with van der Waals surface area (Å²) >= 11 is 0. The number of rotatable bonds is 4. The van der Waals surface area contributed by atoms with Crippen molar-refractivity contribution in [2.45, 2.75) is 45.2 Å². The van der Waals surface area contributed by atoms with Crippen LogP contribution in [0.4, 0.5) is 0 Å². The van der Waals surface area contributed by atoms with Crippen molar-refractivity contribution >= 4 is 0 Å². The predicted molar refractivity (Wildman–Crippen MR) is 63.5 cm³/mol. The molecule has 1 aromatic heterocycles. The quantitative estimate of drug-likeness (QED) is 0.827. The van der Waals surface area contributed by atoms with Gasteiger partial charge in [0.1, 0.15) is 0 Å². The number of aromatic nitrogens is 2. The van der Waals surface area contributed by atoms with Gasteiger partial charge in [-0.15, -0.1) is 0 Å². The van der Waals surface area contributed by atoms with Gasteiger partial charge < -0.3 is 5.32 Å². The van der Waals surface area contributed by atoms with Crippen LogP contribution in [0.2, 0.25) is 0 Å². The first-order valence-corrected chi connectivity index (χ1v) is 6.02. The lowest BCUT2D eigenvalue weighted by Crippen LogP contribution is -2.24. The van der Waals surface area contributed by atoms with E-state index in [0.29, 0.717) is 6.04 Å². The fourth-order valence-corrected chi connectivity index (χ4v) is 2.20. The van der Waals surface area contributed by atoms with E-state index in [4.69, 9.17) is 0 Å². The maximum atomic E-state index is 11.6. The van der Waals surface area contributed by atoms with E-state index >= 15 is 0 Å². The molecule has 0 bridgehead atoms. The van der Waals surface area contributed by atoms with Crippen molar-refractivity contribution in [3.8, 4) is 0 Å². The Bertz CT molecular complexity index is 393. The van der Waals surface area contributed by atoms with Gasteiger partial charge >= 0.3 is 0 Å². The van der Waals surface area contributed by atoms with Gasteiger partial charge in [-0.25, -0.2) is 4.98 Å². The Morgan fingerprint density at radius 3 is 3.19 bits per heavy atom. The third-order valence-corrected chi connectivity index (χ3v) is 3.13. The van der Waals surface area contributed by atoms with Gasteiger partial charge in [-0.05, 0) is 39.2 Å². The minimum Gasteiger partial charge on any atom is -0.314 e. The average Bonchev–Trinajstić information content (AvgIpc) is 2.74. The highest BCUT2D eigenvalue weighted by atomic mass is 16.1. The van der Waals surface area contributed by atoms with E-state index in [2.05, 4.69) is 10.3 Å². The Labute approximate surface area is 95.7 Å². The molecule has 16 heavy (non-hydrogen) atoms. The number of hydrogen-bond donors (Lipinski definition) is 1. The van der Waals surface area contributed by atoms with Crippen LogP contribution < -0.4 is 10.9 Å². The Hall–Kier alpha value is -1.16. The smallest absolute Gasteiger partial charge is 0.253 e. The van der Waals surface area contributed by atoms with Crippen molar-refractivity contribution in [3.63, 3.8) is 0 Å². The number of hydrogen-bond acceptors (Lipinski definition) is 3. The van der Waals surface area contributed by atoms with E-state index in [-0.39, 0.29) is 5.56 Å². The number of aryl methyl sites for hydroxylation is 2. The SMILES string of the molecule is Cc1cc(=O)n(CCCC2CCCN2)cn1. The molecule has 1 aromatic rings. The molecule has 0 aliphatic carbocycles. The maximum Gasteiger partial charge on any atom is 0.253 e. The Kier molecular flexibility index (Phi) is 3.72. The van der Waals surface area contributed by atoms with E-state index in [0.717, 1.165) is 31.6 Å². The van der Waals surface area contributed by atoms with Gasteiger partial charge in [0.25, 0.3) is 5.56 Å². The molecular formula is C12H19N3O. The van der Waals surface area contributed by atoms with Crippen LogP contribution in [0, 0.1) is 6.92 Å². The summed E-state index contributed by atoms with van der Waals surface area (Å²) in [5.74, 6) is 0. The molecule has 1 unspecified atom stereocenters. The van der Waals surface area contributed by atoms with Crippen molar-refractivity contribution in [2.75, 3.05) is 6.54 Å². The molecule has 1 fully saturated rings. The van der Waals surface area contributed by atoms with Crippen LogP contribution in [0.5, 0.6) is 0 Å². The van der Waals surface area contributed by atoms with Crippen LogP contribution in [0.25, 0.3) is 0 Å². The highest BCUT2D eigenvalue weighted by Crippen LogP contribution is 2.10. The molecule has 0 amide bonds. The van der Waals surface area contributed by atoms with Gasteiger partial charge in [0.2, 0.25) is 0 Å². The van der Waals surface area contributed by atoms with E-state index in [1.54, 1.807) is 17.0 Å². The van der Waals surface area contributed by atoms with Crippen LogP contribution in [-0.4, -0.2) is 22.1 Å². The fourth-order valence-electron chi connectivity index (χ4n) is 2.20. The first-order valence-electron chi connectivity index (χ1n) is 6.02. The molecule has 4 heteroatoms. The zero-order valence-electron chi connectivity index (χ0n) is 9.78. The van der Waals surface area contributed by atoms with Crippen molar-refractivity contribution < 1.29 is 0 Å². The van der Waals surface area contributed by atoms with Crippen LogP contribution >= 0.6 is 0 Å². The van der Waals surface area contributed by atoms with Crippen LogP contribution in [0.15, 0.2) is 17.2 Å². The second-order valence-electron chi connectivity index (χ2n) is 4.50. The first-order chi connectivity index (χ1) is 7.75. The van der Waals surface area contributed by atoms with Crippen molar-refractivity contribution in [1.82, 2.24) is 14.9 Å². The van der Waals surface area contributed by atoms with E-state index < -0.39 is 0 Å². The Balaban J connectivity index is 1.82. The molecule has 1 N–H and O–H groups in total. The van der Waals surface area contributed by atoms with E-state index in [1.165, 1.54) is 12.8 Å². The molecule has 1 saturated heterocycles. The first kappa shape index (κ1) is 11.3. The molecule has 88 valence electrons. The van der Waals surface area contributed by atoms with Crippen LogP contribution in [-0.2, 0) is 6.54 Å². The molecule has 0 radical (unpaired) electrons. The summed E-state index contributed by atoms with van der Waals surface area (Å²) in [6.07, 6.45) is 6.42. The normalized spacial score (nSPS) is 20.2. The van der Waals surface area contributed by atoms with Gasteiger partial charge in [-0.2, -0.15) is 0 Å². The van der Waals surface area contributed by atoms with Crippen molar-refractivity contribution in [3.05, 3.63) is 28.4 Å². The second-order valence-corrected chi connectivity index (χ2v) is 4.50. The topological polar surface area (TPSA) is 46.9 Å². The molecule has 0 spiro atoms. The monoisotopic (exact) mass is 221 g/mol. The van der Waals surface area contributed by atoms with E-state index in [9.17, 15) is 4.79 Å². The fraction of sp³-hybridized carbons (Fsp3) is 0.667. The summed E-state index contributed by atoms with van der Waals surface area (Å²) < 4.78 is 1.70. The zero-order chi connectivity index (χ0) is 11.4. The minimum atomic E-state index is 0.0619. The lowest BCUT2D eigenvalue weighted by atomic mass is 10.1. The van der Waals surface area contributed by atoms with Gasteiger partial charge in [0.05, 0.1) is 6.33 Å². The third kappa shape index (κ3) is 2.92. The summed E-state index contributed by atoms with van der Waals surface area (Å²) in [7, 11) is 0. The van der Waals surface area contributed by atoms with Gasteiger partial charge in [-0.1, -0.05) is 0 Å². The molecule has 1 aliphatic rings. The summed E-state index contributed by atoms with van der Waals surface area (Å²) in [5, 5.41) is 3.46. The summed E-state index contributed by atoms with van der Waals surface area (Å²) in [4.78, 5) is 15.7. The summed E-state index contributed by atoms with van der Waals surface area (Å²) in [5.41, 5.74) is 0.852. The van der Waals surface area contributed by atoms with Crippen LogP contribution in [0.3, 0.4) is 0 Å². The minimum absolute atomic E-state index is 0.0619. The van der Waals surface area contributed by atoms with Crippen LogP contribution in [0.1, 0.15) is 31.4 Å². The summed E-state index contributed by atoms with van der Waals surface area (Å²) in [6.45, 7) is 3.77. The highest BCUT2D eigenvalue weighted by Gasteiger charge is 2.12. The highest BCUT2D eigenvalue weighted by molar-refractivity contribution is 4.95. The molecule has 0 aromatic carbocycles. The van der Waals surface area contributed by atoms with Gasteiger partial charge in [0.15, 0.2) is 0 Å². The number of nitrogens with one attached hydrogen (secondary N) is 1. The number of nitrogens with zero attached hydrogens (tertiary/aromatic N) is 2. The van der Waals surface area contributed by atoms with E-state index in [1.807, 2.05) is 6.92 Å². The molecule has 1 aliphatic heterocycles. The zero-order valence-corrected chi connectivity index (χ0v) is 9.78. The van der Waals surface area contributed by atoms with Crippen molar-refractivity contribution in [1.29, 1.82) is 0 Å². The Morgan fingerprint density at radius 1 is 1.62 bits per heavy atom. The van der Waals surface area contributed by atoms with Gasteiger partial charge in [-0.3, -0.25) is 9.36 Å². The second kappa shape index (κ2) is 5.25. The van der Waals surface area contributed by atoms with Gasteiger partial charge in [0, 0.05) is 24.3 Å². The third-order valence-electron chi connectivity index (χ3n) is 3.13. The molecule has 0 saturated carbocycles. The lowest BCUT2D eigenvalue weighted by molar-refractivity contribution is 0.494. The average molecular weight is 221 g/mol. The summed E-state index contributed by atoms with van der Waals surface area (Å²) in [6, 6.07) is 2.25. The van der Waals surface area contributed by atoms with Crippen molar-refractivity contribution in [2.24, 2.45) is 0 Å². The molecule has 1 atom stereocenters. The predicted octanol–water partition coefficient (Wildman–Crippen LogP) is 1.08. The molecule has 2 rings (SSSR count). The lowest BCUT2D eigenvalue weighted by Gasteiger charge is -2.10. The largest absolute Gasteiger partial charge is 0.314 e. The molecule has 2 heterocycles. The Morgan fingerprint density at radius 2 is 2.50 bits per heavy atom. The molecule has 4 nitrogen and oxygen atoms in total.